The average molecular weight is 560 g/mol. The van der Waals surface area contributed by atoms with Gasteiger partial charge in [0.05, 0.1) is 12.4 Å². The molecule has 0 aliphatic rings. The standard InChI is InChI=1S/C26H37N7O7/c1-14(2)9-18(27)23(36)31-19(7-8-22(28)35)24(37)32-20(10-15-3-5-17(34)6-4-15)25(38)33-21(26(39)40)11-16-12-29-13-30-16/h3-6,12-14,18-21,34H,7-11,27H2,1-2H3,(H2,28,35)(H,29,30)(H,31,36)(H,32,37)(H,33,38)(H,39,40). The summed E-state index contributed by atoms with van der Waals surface area (Å²) in [4.78, 5) is 69.1. The lowest BCUT2D eigenvalue weighted by Gasteiger charge is -2.25. The lowest BCUT2D eigenvalue weighted by Crippen LogP contribution is -2.58. The number of nitrogens with two attached hydrogens (primary N) is 2. The molecule has 0 saturated carbocycles. The van der Waals surface area contributed by atoms with E-state index in [4.69, 9.17) is 11.5 Å². The second-order valence-corrected chi connectivity index (χ2v) is 9.91. The molecule has 2 rings (SSSR count). The molecule has 1 aromatic carbocycles. The van der Waals surface area contributed by atoms with Crippen molar-refractivity contribution in [2.24, 2.45) is 17.4 Å². The van der Waals surface area contributed by atoms with Crippen molar-refractivity contribution in [3.63, 3.8) is 0 Å². The van der Waals surface area contributed by atoms with Crippen LogP contribution in [-0.2, 0) is 36.8 Å². The molecule has 1 aromatic heterocycles. The summed E-state index contributed by atoms with van der Waals surface area (Å²) in [6.07, 6.45) is 2.62. The molecule has 0 radical (unpaired) electrons. The van der Waals surface area contributed by atoms with Crippen LogP contribution in [0.2, 0.25) is 0 Å². The van der Waals surface area contributed by atoms with Gasteiger partial charge in [0, 0.05) is 31.2 Å². The molecule has 0 fully saturated rings. The van der Waals surface area contributed by atoms with Crippen LogP contribution in [0.5, 0.6) is 5.75 Å². The number of hydrogen-bond donors (Lipinski definition) is 8. The summed E-state index contributed by atoms with van der Waals surface area (Å²) in [5, 5.41) is 26.8. The monoisotopic (exact) mass is 559 g/mol. The van der Waals surface area contributed by atoms with Gasteiger partial charge >= 0.3 is 5.97 Å². The number of benzene rings is 1. The van der Waals surface area contributed by atoms with Crippen molar-refractivity contribution in [1.82, 2.24) is 25.9 Å². The smallest absolute Gasteiger partial charge is 0.326 e. The number of phenolic OH excluding ortho intramolecular Hbond substituents is 1. The van der Waals surface area contributed by atoms with E-state index in [1.54, 1.807) is 12.1 Å². The highest BCUT2D eigenvalue weighted by molar-refractivity contribution is 5.94. The molecule has 2 aromatic rings. The Morgan fingerprint density at radius 3 is 2.08 bits per heavy atom. The molecule has 0 aliphatic heterocycles. The maximum atomic E-state index is 13.3. The molecule has 14 heteroatoms. The minimum absolute atomic E-state index is 0.00810. The molecular formula is C26H37N7O7. The number of amides is 4. The van der Waals surface area contributed by atoms with Gasteiger partial charge in [0.2, 0.25) is 23.6 Å². The Morgan fingerprint density at radius 1 is 0.925 bits per heavy atom. The van der Waals surface area contributed by atoms with Gasteiger partial charge in [0.25, 0.3) is 0 Å². The Labute approximate surface area is 231 Å². The highest BCUT2D eigenvalue weighted by atomic mass is 16.4. The van der Waals surface area contributed by atoms with Crippen LogP contribution in [0.25, 0.3) is 0 Å². The third-order valence-electron chi connectivity index (χ3n) is 5.98. The van der Waals surface area contributed by atoms with Crippen molar-refractivity contribution in [1.29, 1.82) is 0 Å². The average Bonchev–Trinajstić information content (AvgIpc) is 3.39. The van der Waals surface area contributed by atoms with Crippen LogP contribution in [-0.4, -0.2) is 73.9 Å². The molecule has 40 heavy (non-hydrogen) atoms. The zero-order chi connectivity index (χ0) is 29.8. The Hall–Kier alpha value is -4.46. The molecule has 10 N–H and O–H groups in total. The summed E-state index contributed by atoms with van der Waals surface area (Å²) in [5.41, 5.74) is 12.2. The number of imidazole rings is 1. The molecule has 4 unspecified atom stereocenters. The molecule has 0 bridgehead atoms. The number of carboxylic acid groups (broad SMARTS) is 1. The number of aliphatic carboxylic acids is 1. The minimum Gasteiger partial charge on any atom is -0.508 e. The van der Waals surface area contributed by atoms with E-state index in [0.717, 1.165) is 0 Å². The summed E-state index contributed by atoms with van der Waals surface area (Å²) in [5.74, 6) is -4.09. The van der Waals surface area contributed by atoms with E-state index in [1.807, 2.05) is 13.8 Å². The van der Waals surface area contributed by atoms with Crippen LogP contribution >= 0.6 is 0 Å². The predicted molar refractivity (Wildman–Crippen MR) is 143 cm³/mol. The summed E-state index contributed by atoms with van der Waals surface area (Å²) < 4.78 is 0. The quantitative estimate of drug-likeness (QED) is 0.127. The number of hydrogen-bond acceptors (Lipinski definition) is 8. The normalized spacial score (nSPS) is 14.0. The SMILES string of the molecule is CC(C)CC(N)C(=O)NC(CCC(N)=O)C(=O)NC(Cc1ccc(O)cc1)C(=O)NC(Cc1cnc[nH]1)C(=O)O. The molecular weight excluding hydrogens is 522 g/mol. The van der Waals surface area contributed by atoms with Crippen molar-refractivity contribution in [3.05, 3.63) is 48.0 Å². The molecule has 0 saturated heterocycles. The molecule has 4 atom stereocenters. The lowest BCUT2D eigenvalue weighted by molar-refractivity contribution is -0.142. The van der Waals surface area contributed by atoms with Crippen LogP contribution in [0, 0.1) is 5.92 Å². The number of phenols is 1. The Kier molecular flexibility index (Phi) is 12.1. The number of carboxylic acids is 1. The van der Waals surface area contributed by atoms with Gasteiger partial charge < -0.3 is 42.6 Å². The summed E-state index contributed by atoms with van der Waals surface area (Å²) in [7, 11) is 0. The van der Waals surface area contributed by atoms with Crippen molar-refractivity contribution in [2.75, 3.05) is 0 Å². The van der Waals surface area contributed by atoms with Gasteiger partial charge in [-0.1, -0.05) is 26.0 Å². The van der Waals surface area contributed by atoms with E-state index >= 15 is 0 Å². The Balaban J connectivity index is 2.26. The van der Waals surface area contributed by atoms with Gasteiger partial charge in [-0.25, -0.2) is 9.78 Å². The first-order valence-electron chi connectivity index (χ1n) is 12.8. The number of aromatic amines is 1. The number of H-pyrrole nitrogens is 1. The van der Waals surface area contributed by atoms with Crippen molar-refractivity contribution >= 4 is 29.6 Å². The predicted octanol–water partition coefficient (Wildman–Crippen LogP) is -0.922. The summed E-state index contributed by atoms with van der Waals surface area (Å²) in [6, 6.07) is 1.11. The van der Waals surface area contributed by atoms with Gasteiger partial charge in [0.1, 0.15) is 23.9 Å². The van der Waals surface area contributed by atoms with E-state index in [0.29, 0.717) is 17.7 Å². The number of nitrogens with one attached hydrogen (secondary N) is 4. The zero-order valence-corrected chi connectivity index (χ0v) is 22.4. The summed E-state index contributed by atoms with van der Waals surface area (Å²) in [6.45, 7) is 3.77. The van der Waals surface area contributed by atoms with Gasteiger partial charge in [-0.2, -0.15) is 0 Å². The number of primary amides is 1. The number of aromatic hydroxyl groups is 1. The summed E-state index contributed by atoms with van der Waals surface area (Å²) >= 11 is 0. The van der Waals surface area contributed by atoms with Crippen molar-refractivity contribution < 1.29 is 34.2 Å². The maximum Gasteiger partial charge on any atom is 0.326 e. The third-order valence-corrected chi connectivity index (χ3v) is 5.98. The van der Waals surface area contributed by atoms with Gasteiger partial charge in [0.15, 0.2) is 0 Å². The van der Waals surface area contributed by atoms with Gasteiger partial charge in [-0.3, -0.25) is 19.2 Å². The van der Waals surface area contributed by atoms with Gasteiger partial charge in [-0.05, 0) is 36.5 Å². The molecule has 218 valence electrons. The van der Waals surface area contributed by atoms with Crippen LogP contribution in [0.1, 0.15) is 44.4 Å². The van der Waals surface area contributed by atoms with Crippen LogP contribution in [0.3, 0.4) is 0 Å². The first kappa shape index (κ1) is 31.8. The van der Waals surface area contributed by atoms with E-state index in [9.17, 15) is 34.2 Å². The molecule has 4 amide bonds. The number of carbonyl (C=O) groups is 5. The highest BCUT2D eigenvalue weighted by Gasteiger charge is 2.31. The number of aromatic nitrogens is 2. The third kappa shape index (κ3) is 10.7. The van der Waals surface area contributed by atoms with Crippen molar-refractivity contribution in [2.45, 2.75) is 70.1 Å². The maximum absolute atomic E-state index is 13.3. The van der Waals surface area contributed by atoms with Crippen LogP contribution in [0.15, 0.2) is 36.8 Å². The fourth-order valence-corrected chi connectivity index (χ4v) is 3.89. The lowest BCUT2D eigenvalue weighted by atomic mass is 10.0. The second kappa shape index (κ2) is 15.2. The van der Waals surface area contributed by atoms with E-state index < -0.39 is 53.8 Å². The molecule has 0 aliphatic carbocycles. The zero-order valence-electron chi connectivity index (χ0n) is 22.4. The topological polar surface area (TPSA) is 243 Å². The first-order valence-corrected chi connectivity index (χ1v) is 12.8. The largest absolute Gasteiger partial charge is 0.508 e. The van der Waals surface area contributed by atoms with Gasteiger partial charge in [-0.15, -0.1) is 0 Å². The fraction of sp³-hybridized carbons (Fsp3) is 0.462. The van der Waals surface area contributed by atoms with E-state index in [-0.39, 0.29) is 37.4 Å². The molecule has 14 nitrogen and oxygen atoms in total. The van der Waals surface area contributed by atoms with Crippen molar-refractivity contribution in [3.8, 4) is 5.75 Å². The Bertz CT molecular complexity index is 1150. The van der Waals surface area contributed by atoms with E-state index in [1.165, 1.54) is 24.7 Å². The number of carbonyl (C=O) groups excluding carboxylic acids is 4. The highest BCUT2D eigenvalue weighted by Crippen LogP contribution is 2.13. The van der Waals surface area contributed by atoms with E-state index in [2.05, 4.69) is 25.9 Å². The minimum atomic E-state index is -1.34. The fourth-order valence-electron chi connectivity index (χ4n) is 3.89. The number of rotatable bonds is 16. The first-order chi connectivity index (χ1) is 18.8. The second-order valence-electron chi connectivity index (χ2n) is 9.91. The van der Waals surface area contributed by atoms with Crippen LogP contribution < -0.4 is 27.4 Å². The number of nitrogens with zero attached hydrogens (tertiary/aromatic N) is 1. The molecule has 1 heterocycles. The Morgan fingerprint density at radius 2 is 1.52 bits per heavy atom. The molecule has 0 spiro atoms. The van der Waals surface area contributed by atoms with Crippen LogP contribution in [0.4, 0.5) is 0 Å².